The minimum Gasteiger partial charge on any atom is -0.495 e. The Morgan fingerprint density at radius 3 is 2.35 bits per heavy atom. The van der Waals surface area contributed by atoms with Gasteiger partial charge in [-0.15, -0.1) is 0 Å². The number of carbonyl (C=O) groups excluding carboxylic acids is 1. The molecule has 7 nitrogen and oxygen atoms in total. The van der Waals surface area contributed by atoms with Gasteiger partial charge in [0.25, 0.3) is 10.0 Å². The molecular weight excluding hydrogens is 423 g/mol. The van der Waals surface area contributed by atoms with Crippen LogP contribution < -0.4 is 14.3 Å². The highest BCUT2D eigenvalue weighted by Crippen LogP contribution is 2.24. The highest BCUT2D eigenvalue weighted by Gasteiger charge is 2.18. The van der Waals surface area contributed by atoms with Gasteiger partial charge in [-0.05, 0) is 78.7 Å². The third kappa shape index (κ3) is 5.67. The molecule has 0 aliphatic rings. The molecule has 3 rings (SSSR count). The molecule has 0 bridgehead atoms. The number of esters is 1. The van der Waals surface area contributed by atoms with Gasteiger partial charge >= 0.3 is 5.97 Å². The van der Waals surface area contributed by atoms with Crippen LogP contribution in [-0.4, -0.2) is 27.7 Å². The summed E-state index contributed by atoms with van der Waals surface area (Å²) in [6, 6.07) is 16.0. The molecular formula is C22H19FN2O5S. The summed E-state index contributed by atoms with van der Waals surface area (Å²) in [6.07, 6.45) is 1.31. The largest absolute Gasteiger partial charge is 0.495 e. The lowest BCUT2D eigenvalue weighted by molar-refractivity contribution is 0.0734. The van der Waals surface area contributed by atoms with Crippen molar-refractivity contribution in [2.75, 3.05) is 7.11 Å². The topological polar surface area (TPSA) is 94.1 Å². The number of nitrogens with zero attached hydrogens (tertiary/aromatic N) is 1. The fraction of sp³-hybridized carbons (Fsp3) is 0.0909. The molecule has 0 aliphatic heterocycles. The average Bonchev–Trinajstić information content (AvgIpc) is 2.75. The number of nitrogens with one attached hydrogen (secondary N) is 1. The zero-order chi connectivity index (χ0) is 22.4. The standard InChI is InChI=1S/C22H19FN2O5S/c1-15-3-12-20(29-2)21(13-15)31(27,28)25-24-14-16-4-10-19(11-5-16)30-22(26)17-6-8-18(23)9-7-17/h3-14,25H,1-2H3/b24-14+. The molecule has 0 amide bonds. The predicted octanol–water partition coefficient (Wildman–Crippen LogP) is 3.67. The zero-order valence-corrected chi connectivity index (χ0v) is 17.5. The Kier molecular flexibility index (Phi) is 6.66. The molecule has 0 fully saturated rings. The molecule has 9 heteroatoms. The van der Waals surface area contributed by atoms with Gasteiger partial charge in [0.15, 0.2) is 0 Å². The first kappa shape index (κ1) is 22.0. The molecule has 160 valence electrons. The van der Waals surface area contributed by atoms with Crippen LogP contribution in [0.4, 0.5) is 4.39 Å². The predicted molar refractivity (Wildman–Crippen MR) is 113 cm³/mol. The lowest BCUT2D eigenvalue weighted by Crippen LogP contribution is -2.19. The van der Waals surface area contributed by atoms with Crippen molar-refractivity contribution in [1.29, 1.82) is 0 Å². The van der Waals surface area contributed by atoms with Gasteiger partial charge in [-0.2, -0.15) is 18.4 Å². The van der Waals surface area contributed by atoms with Crippen LogP contribution in [0.3, 0.4) is 0 Å². The average molecular weight is 442 g/mol. The third-order valence-electron chi connectivity index (χ3n) is 4.17. The Bertz CT molecular complexity index is 1210. The maximum Gasteiger partial charge on any atom is 0.343 e. The second-order valence-electron chi connectivity index (χ2n) is 6.47. The number of carbonyl (C=O) groups is 1. The zero-order valence-electron chi connectivity index (χ0n) is 16.7. The van der Waals surface area contributed by atoms with E-state index >= 15 is 0 Å². The first-order valence-electron chi connectivity index (χ1n) is 9.06. The van der Waals surface area contributed by atoms with Crippen molar-refractivity contribution in [3.8, 4) is 11.5 Å². The van der Waals surface area contributed by atoms with E-state index in [0.717, 1.165) is 5.56 Å². The number of hydrazone groups is 1. The summed E-state index contributed by atoms with van der Waals surface area (Å²) in [6.45, 7) is 1.77. The van der Waals surface area contributed by atoms with Crippen molar-refractivity contribution < 1.29 is 27.1 Å². The molecule has 0 saturated heterocycles. The van der Waals surface area contributed by atoms with E-state index in [-0.39, 0.29) is 22.0 Å². The molecule has 31 heavy (non-hydrogen) atoms. The van der Waals surface area contributed by atoms with Crippen LogP contribution in [-0.2, 0) is 10.0 Å². The van der Waals surface area contributed by atoms with Crippen LogP contribution in [0.5, 0.6) is 11.5 Å². The number of hydrogen-bond donors (Lipinski definition) is 1. The van der Waals surface area contributed by atoms with E-state index in [4.69, 9.17) is 9.47 Å². The molecule has 0 radical (unpaired) electrons. The number of ether oxygens (including phenoxy) is 2. The first-order chi connectivity index (χ1) is 14.8. The molecule has 0 aromatic heterocycles. The van der Waals surface area contributed by atoms with Crippen molar-refractivity contribution in [1.82, 2.24) is 4.83 Å². The van der Waals surface area contributed by atoms with Gasteiger partial charge in [-0.25, -0.2) is 9.18 Å². The molecule has 0 saturated carbocycles. The van der Waals surface area contributed by atoms with Crippen LogP contribution in [0, 0.1) is 12.7 Å². The quantitative estimate of drug-likeness (QED) is 0.261. The van der Waals surface area contributed by atoms with E-state index in [1.807, 2.05) is 0 Å². The summed E-state index contributed by atoms with van der Waals surface area (Å²) in [5, 5.41) is 3.78. The highest BCUT2D eigenvalue weighted by molar-refractivity contribution is 7.89. The first-order valence-corrected chi connectivity index (χ1v) is 10.5. The summed E-state index contributed by atoms with van der Waals surface area (Å²) in [5.41, 5.74) is 1.55. The summed E-state index contributed by atoms with van der Waals surface area (Å²) in [4.78, 5) is 14.2. The van der Waals surface area contributed by atoms with Crippen LogP contribution in [0.2, 0.25) is 0 Å². The normalized spacial score (nSPS) is 11.3. The number of benzene rings is 3. The Balaban J connectivity index is 1.65. The monoisotopic (exact) mass is 442 g/mol. The fourth-order valence-electron chi connectivity index (χ4n) is 2.59. The Morgan fingerprint density at radius 2 is 1.71 bits per heavy atom. The maximum absolute atomic E-state index is 12.9. The van der Waals surface area contributed by atoms with Gasteiger partial charge in [0.05, 0.1) is 18.9 Å². The van der Waals surface area contributed by atoms with Gasteiger partial charge in [0, 0.05) is 0 Å². The molecule has 3 aromatic rings. The molecule has 3 aromatic carbocycles. The molecule has 0 unspecified atom stereocenters. The Morgan fingerprint density at radius 1 is 1.03 bits per heavy atom. The summed E-state index contributed by atoms with van der Waals surface area (Å²) >= 11 is 0. The lowest BCUT2D eigenvalue weighted by atomic mass is 10.2. The number of aryl methyl sites for hydroxylation is 1. The van der Waals surface area contributed by atoms with Gasteiger partial charge in [0.2, 0.25) is 0 Å². The second kappa shape index (κ2) is 9.40. The van der Waals surface area contributed by atoms with E-state index in [1.165, 1.54) is 55.8 Å². The smallest absolute Gasteiger partial charge is 0.343 e. The van der Waals surface area contributed by atoms with E-state index < -0.39 is 21.8 Å². The summed E-state index contributed by atoms with van der Waals surface area (Å²) in [5.74, 6) is -0.588. The minimum atomic E-state index is -3.92. The third-order valence-corrected chi connectivity index (χ3v) is 5.41. The number of sulfonamides is 1. The van der Waals surface area contributed by atoms with Crippen LogP contribution in [0.15, 0.2) is 76.7 Å². The Hall–Kier alpha value is -3.72. The van der Waals surface area contributed by atoms with Crippen molar-refractivity contribution >= 4 is 22.2 Å². The summed E-state index contributed by atoms with van der Waals surface area (Å²) in [7, 11) is -2.54. The number of halogens is 1. The second-order valence-corrected chi connectivity index (χ2v) is 8.10. The minimum absolute atomic E-state index is 0.0183. The van der Waals surface area contributed by atoms with Crippen molar-refractivity contribution in [2.45, 2.75) is 11.8 Å². The Labute approximate surface area is 179 Å². The fourth-order valence-corrected chi connectivity index (χ4v) is 3.63. The lowest BCUT2D eigenvalue weighted by Gasteiger charge is -2.09. The molecule has 0 spiro atoms. The van der Waals surface area contributed by atoms with Crippen molar-refractivity contribution in [3.05, 3.63) is 89.2 Å². The highest BCUT2D eigenvalue weighted by atomic mass is 32.2. The molecule has 1 N–H and O–H groups in total. The van der Waals surface area contributed by atoms with E-state index in [1.54, 1.807) is 31.2 Å². The van der Waals surface area contributed by atoms with Gasteiger partial charge in [-0.1, -0.05) is 6.07 Å². The molecule has 0 atom stereocenters. The van der Waals surface area contributed by atoms with Gasteiger partial charge < -0.3 is 9.47 Å². The van der Waals surface area contributed by atoms with E-state index in [2.05, 4.69) is 9.93 Å². The van der Waals surface area contributed by atoms with Crippen LogP contribution >= 0.6 is 0 Å². The van der Waals surface area contributed by atoms with E-state index in [0.29, 0.717) is 5.56 Å². The summed E-state index contributed by atoms with van der Waals surface area (Å²) < 4.78 is 48.3. The van der Waals surface area contributed by atoms with Crippen LogP contribution in [0.25, 0.3) is 0 Å². The van der Waals surface area contributed by atoms with Crippen molar-refractivity contribution in [3.63, 3.8) is 0 Å². The maximum atomic E-state index is 12.9. The van der Waals surface area contributed by atoms with E-state index in [9.17, 15) is 17.6 Å². The number of methoxy groups -OCH3 is 1. The molecule has 0 aliphatic carbocycles. The van der Waals surface area contributed by atoms with Gasteiger partial charge in [0.1, 0.15) is 22.2 Å². The van der Waals surface area contributed by atoms with Crippen LogP contribution in [0.1, 0.15) is 21.5 Å². The number of rotatable bonds is 7. The van der Waals surface area contributed by atoms with Gasteiger partial charge in [-0.3, -0.25) is 0 Å². The number of hydrogen-bond acceptors (Lipinski definition) is 6. The van der Waals surface area contributed by atoms with Crippen molar-refractivity contribution in [2.24, 2.45) is 5.10 Å². The SMILES string of the molecule is COc1ccc(C)cc1S(=O)(=O)N/N=C/c1ccc(OC(=O)c2ccc(F)cc2)cc1. The molecule has 0 heterocycles.